The van der Waals surface area contributed by atoms with Crippen molar-refractivity contribution in [2.24, 2.45) is 10.9 Å². The maximum Gasteiger partial charge on any atom is 0.311 e. The summed E-state index contributed by atoms with van der Waals surface area (Å²) in [4.78, 5) is 31.5. The Morgan fingerprint density at radius 2 is 1.94 bits per heavy atom. The third-order valence-electron chi connectivity index (χ3n) is 5.91. The van der Waals surface area contributed by atoms with E-state index in [1.807, 2.05) is 35.2 Å². The first-order valence-electron chi connectivity index (χ1n) is 10.7. The van der Waals surface area contributed by atoms with Gasteiger partial charge < -0.3 is 4.74 Å². The minimum Gasteiger partial charge on any atom is -0.490 e. The van der Waals surface area contributed by atoms with Crippen LogP contribution in [0.25, 0.3) is 6.08 Å². The maximum atomic E-state index is 13.5. The third kappa shape index (κ3) is 4.55. The molecule has 2 aliphatic rings. The van der Waals surface area contributed by atoms with Crippen molar-refractivity contribution < 1.29 is 14.5 Å². The van der Waals surface area contributed by atoms with Gasteiger partial charge in [-0.3, -0.25) is 19.8 Å². The van der Waals surface area contributed by atoms with E-state index in [0.29, 0.717) is 21.6 Å². The average Bonchev–Trinajstić information content (AvgIpc) is 3.09. The summed E-state index contributed by atoms with van der Waals surface area (Å²) in [6.07, 6.45) is 6.00. The second-order valence-electron chi connectivity index (χ2n) is 8.03. The van der Waals surface area contributed by atoms with E-state index in [1.165, 1.54) is 31.4 Å². The number of carbonyl (C=O) groups excluding carboxylic acids is 1. The molecule has 166 valence electrons. The lowest BCUT2D eigenvalue weighted by molar-refractivity contribution is -0.385. The minimum atomic E-state index is -0.483. The lowest BCUT2D eigenvalue weighted by atomic mass is 9.85. The van der Waals surface area contributed by atoms with Crippen LogP contribution in [0.2, 0.25) is 0 Å². The number of benzene rings is 2. The highest BCUT2D eigenvalue weighted by Gasteiger charge is 2.41. The van der Waals surface area contributed by atoms with Crippen LogP contribution in [-0.2, 0) is 4.79 Å². The largest absolute Gasteiger partial charge is 0.490 e. The van der Waals surface area contributed by atoms with Crippen molar-refractivity contribution in [2.45, 2.75) is 38.6 Å². The normalized spacial score (nSPS) is 23.7. The zero-order valence-corrected chi connectivity index (χ0v) is 18.9. The molecule has 1 aliphatic carbocycles. The Morgan fingerprint density at radius 1 is 1.19 bits per heavy atom. The molecular weight excluding hydrogens is 426 g/mol. The number of aliphatic imine (C=N–C) groups is 1. The van der Waals surface area contributed by atoms with Crippen molar-refractivity contribution in [1.82, 2.24) is 4.90 Å². The molecule has 0 spiro atoms. The van der Waals surface area contributed by atoms with Crippen LogP contribution in [-0.4, -0.2) is 34.0 Å². The van der Waals surface area contributed by atoms with E-state index in [4.69, 9.17) is 9.73 Å². The molecule has 2 aromatic carbocycles. The van der Waals surface area contributed by atoms with Crippen molar-refractivity contribution >= 4 is 40.3 Å². The van der Waals surface area contributed by atoms with Crippen LogP contribution in [0.3, 0.4) is 0 Å². The number of hydrogen-bond acceptors (Lipinski definition) is 6. The van der Waals surface area contributed by atoms with Crippen molar-refractivity contribution in [3.63, 3.8) is 0 Å². The monoisotopic (exact) mass is 451 g/mol. The summed E-state index contributed by atoms with van der Waals surface area (Å²) in [6, 6.07) is 14.4. The van der Waals surface area contributed by atoms with Crippen molar-refractivity contribution in [2.75, 3.05) is 7.11 Å². The fourth-order valence-corrected chi connectivity index (χ4v) is 5.29. The van der Waals surface area contributed by atoms with Crippen molar-refractivity contribution in [3.05, 3.63) is 69.1 Å². The Balaban J connectivity index is 1.73. The number of nitro benzene ring substituents is 1. The van der Waals surface area contributed by atoms with Crippen LogP contribution in [0.5, 0.6) is 5.75 Å². The number of ether oxygens (including phenoxy) is 1. The van der Waals surface area contributed by atoms with Gasteiger partial charge in [0.15, 0.2) is 10.9 Å². The molecule has 1 amide bonds. The molecule has 7 nitrogen and oxygen atoms in total. The number of amides is 1. The fraction of sp³-hybridized carbons (Fsp3) is 0.333. The SMILES string of the molecule is COc1ccc(/C=C2\SC(=Nc3ccccc3)N([C@@H]3CCCC[C@@H]3C)C2=O)cc1[N+](=O)[O-]. The summed E-state index contributed by atoms with van der Waals surface area (Å²) in [5, 5.41) is 12.1. The predicted molar refractivity (Wildman–Crippen MR) is 127 cm³/mol. The first-order chi connectivity index (χ1) is 15.5. The molecule has 2 aromatic rings. The van der Waals surface area contributed by atoms with Gasteiger partial charge in [-0.25, -0.2) is 4.99 Å². The molecule has 0 bridgehead atoms. The number of amidine groups is 1. The van der Waals surface area contributed by atoms with Crippen LogP contribution < -0.4 is 4.74 Å². The van der Waals surface area contributed by atoms with Gasteiger partial charge >= 0.3 is 5.69 Å². The Bertz CT molecular complexity index is 1080. The lowest BCUT2D eigenvalue weighted by Gasteiger charge is -2.35. The molecule has 32 heavy (non-hydrogen) atoms. The van der Waals surface area contributed by atoms with E-state index in [0.717, 1.165) is 24.9 Å². The summed E-state index contributed by atoms with van der Waals surface area (Å²) in [7, 11) is 1.40. The number of methoxy groups -OCH3 is 1. The number of hydrogen-bond donors (Lipinski definition) is 0. The summed E-state index contributed by atoms with van der Waals surface area (Å²) >= 11 is 1.32. The van der Waals surface area contributed by atoms with E-state index in [2.05, 4.69) is 6.92 Å². The molecule has 2 atom stereocenters. The molecular formula is C24H25N3O4S. The van der Waals surface area contributed by atoms with E-state index in [-0.39, 0.29) is 23.4 Å². The number of carbonyl (C=O) groups is 1. The molecule has 0 radical (unpaired) electrons. The smallest absolute Gasteiger partial charge is 0.311 e. The molecule has 8 heteroatoms. The molecule has 0 N–H and O–H groups in total. The molecule has 0 unspecified atom stereocenters. The summed E-state index contributed by atoms with van der Waals surface area (Å²) in [6.45, 7) is 2.19. The van der Waals surface area contributed by atoms with Crippen LogP contribution >= 0.6 is 11.8 Å². The lowest BCUT2D eigenvalue weighted by Crippen LogP contribution is -2.44. The van der Waals surface area contributed by atoms with E-state index in [9.17, 15) is 14.9 Å². The second-order valence-corrected chi connectivity index (χ2v) is 9.04. The number of nitro groups is 1. The number of thioether (sulfide) groups is 1. The van der Waals surface area contributed by atoms with E-state index >= 15 is 0 Å². The first kappa shape index (κ1) is 22.1. The average molecular weight is 452 g/mol. The number of nitrogens with zero attached hydrogens (tertiary/aromatic N) is 3. The van der Waals surface area contributed by atoms with Gasteiger partial charge in [-0.1, -0.05) is 44.0 Å². The second kappa shape index (κ2) is 9.56. The Labute approximate surface area is 191 Å². The first-order valence-corrected chi connectivity index (χ1v) is 11.5. The van der Waals surface area contributed by atoms with Gasteiger partial charge in [0.25, 0.3) is 5.91 Å². The highest BCUT2D eigenvalue weighted by atomic mass is 32.2. The van der Waals surface area contributed by atoms with Gasteiger partial charge in [-0.05, 0) is 60.4 Å². The highest BCUT2D eigenvalue weighted by molar-refractivity contribution is 8.18. The standard InChI is InChI=1S/C24H25N3O4S/c1-16-8-6-7-11-19(16)26-23(28)22(32-24(26)25-18-9-4-3-5-10-18)15-17-12-13-21(31-2)20(14-17)27(29)30/h3-5,9-10,12-16,19H,6-8,11H2,1-2H3/b22-15-,25-24?/t16-,19+/m0/s1. The summed E-state index contributed by atoms with van der Waals surface area (Å²) in [5.41, 5.74) is 1.23. The van der Waals surface area contributed by atoms with Crippen molar-refractivity contribution in [1.29, 1.82) is 0 Å². The van der Waals surface area contributed by atoms with Crippen LogP contribution in [0, 0.1) is 16.0 Å². The fourth-order valence-electron chi connectivity index (χ4n) is 4.24. The Hall–Kier alpha value is -3.13. The quantitative estimate of drug-likeness (QED) is 0.326. The zero-order valence-electron chi connectivity index (χ0n) is 18.1. The topological polar surface area (TPSA) is 85.0 Å². The summed E-state index contributed by atoms with van der Waals surface area (Å²) in [5.74, 6) is 0.476. The van der Waals surface area contributed by atoms with Crippen LogP contribution in [0.15, 0.2) is 58.4 Å². The number of rotatable bonds is 5. The van der Waals surface area contributed by atoms with Gasteiger partial charge in [0, 0.05) is 12.1 Å². The van der Waals surface area contributed by atoms with Gasteiger partial charge in [-0.2, -0.15) is 0 Å². The highest BCUT2D eigenvalue weighted by Crippen LogP contribution is 2.40. The summed E-state index contributed by atoms with van der Waals surface area (Å²) < 4.78 is 5.08. The molecule has 0 aromatic heterocycles. The Kier molecular flexibility index (Phi) is 6.60. The van der Waals surface area contributed by atoms with Gasteiger partial charge in [-0.15, -0.1) is 0 Å². The molecule has 1 saturated heterocycles. The van der Waals surface area contributed by atoms with Crippen LogP contribution in [0.4, 0.5) is 11.4 Å². The minimum absolute atomic E-state index is 0.0955. The zero-order chi connectivity index (χ0) is 22.7. The maximum absolute atomic E-state index is 13.5. The molecule has 4 rings (SSSR count). The van der Waals surface area contributed by atoms with Crippen LogP contribution in [0.1, 0.15) is 38.2 Å². The van der Waals surface area contributed by atoms with Gasteiger partial charge in [0.05, 0.1) is 22.6 Å². The molecule has 1 saturated carbocycles. The number of para-hydroxylation sites is 1. The predicted octanol–water partition coefficient (Wildman–Crippen LogP) is 5.79. The van der Waals surface area contributed by atoms with Crippen molar-refractivity contribution in [3.8, 4) is 5.75 Å². The third-order valence-corrected chi connectivity index (χ3v) is 6.90. The van der Waals surface area contributed by atoms with E-state index in [1.54, 1.807) is 18.2 Å². The van der Waals surface area contributed by atoms with Gasteiger partial charge in [0.2, 0.25) is 0 Å². The molecule has 1 heterocycles. The molecule has 1 aliphatic heterocycles. The van der Waals surface area contributed by atoms with Gasteiger partial charge in [0.1, 0.15) is 0 Å². The molecule has 2 fully saturated rings. The Morgan fingerprint density at radius 3 is 2.62 bits per heavy atom. The van der Waals surface area contributed by atoms with E-state index < -0.39 is 4.92 Å².